The molecule has 3 aromatic rings. The summed E-state index contributed by atoms with van der Waals surface area (Å²) >= 11 is 0.999. The summed E-state index contributed by atoms with van der Waals surface area (Å²) in [5, 5.41) is 0. The summed E-state index contributed by atoms with van der Waals surface area (Å²) in [7, 11) is 1.69. The summed E-state index contributed by atoms with van der Waals surface area (Å²) in [6, 6.07) is 19.4. The van der Waals surface area contributed by atoms with E-state index in [2.05, 4.69) is 0 Å². The molecule has 4 nitrogen and oxygen atoms in total. The minimum Gasteiger partial charge on any atom is -0.306 e. The van der Waals surface area contributed by atoms with Crippen LogP contribution < -0.4 is 9.77 Å². The second-order valence-electron chi connectivity index (χ2n) is 5.55. The van der Waals surface area contributed by atoms with E-state index < -0.39 is 0 Å². The lowest BCUT2D eigenvalue weighted by Crippen LogP contribution is -2.30. The Morgan fingerprint density at radius 1 is 1.04 bits per heavy atom. The molecule has 0 N–H and O–H groups in total. The third kappa shape index (κ3) is 3.16. The molecule has 0 saturated carbocycles. The molecular weight excluding hydrogens is 320 g/mol. The van der Waals surface area contributed by atoms with Crippen LogP contribution in [0.25, 0.3) is 0 Å². The SMILES string of the molecule is Cc1c(C(=O)N(Cc2ccccc2)c2ccccc2)sc(=O)n1C. The van der Waals surface area contributed by atoms with E-state index in [0.29, 0.717) is 17.1 Å². The molecule has 0 fully saturated rings. The summed E-state index contributed by atoms with van der Waals surface area (Å²) in [5.41, 5.74) is 2.55. The molecule has 2 aromatic carbocycles. The van der Waals surface area contributed by atoms with Gasteiger partial charge in [0.15, 0.2) is 0 Å². The number of hydrogen-bond donors (Lipinski definition) is 0. The Hall–Kier alpha value is -2.66. The van der Waals surface area contributed by atoms with Crippen molar-refractivity contribution in [2.45, 2.75) is 13.5 Å². The van der Waals surface area contributed by atoms with Gasteiger partial charge in [-0.3, -0.25) is 9.59 Å². The third-order valence-electron chi connectivity index (χ3n) is 3.99. The highest BCUT2D eigenvalue weighted by Crippen LogP contribution is 2.22. The molecule has 0 aliphatic carbocycles. The molecule has 0 radical (unpaired) electrons. The number of hydrogen-bond acceptors (Lipinski definition) is 3. The van der Waals surface area contributed by atoms with Crippen molar-refractivity contribution in [2.75, 3.05) is 4.90 Å². The number of anilines is 1. The Morgan fingerprint density at radius 2 is 1.62 bits per heavy atom. The van der Waals surface area contributed by atoms with Gasteiger partial charge in [0.1, 0.15) is 4.88 Å². The largest absolute Gasteiger partial charge is 0.307 e. The van der Waals surface area contributed by atoms with E-state index in [-0.39, 0.29) is 10.8 Å². The maximum atomic E-state index is 13.1. The van der Waals surface area contributed by atoms with E-state index in [4.69, 9.17) is 0 Å². The van der Waals surface area contributed by atoms with Crippen LogP contribution in [0.5, 0.6) is 0 Å². The van der Waals surface area contributed by atoms with Crippen LogP contribution in [0.3, 0.4) is 0 Å². The molecule has 122 valence electrons. The average molecular weight is 338 g/mol. The molecule has 1 amide bonds. The second-order valence-corrected chi connectivity index (χ2v) is 6.52. The third-order valence-corrected chi connectivity index (χ3v) is 5.11. The topological polar surface area (TPSA) is 42.3 Å². The fourth-order valence-corrected chi connectivity index (χ4v) is 3.42. The van der Waals surface area contributed by atoms with Gasteiger partial charge < -0.3 is 9.47 Å². The number of rotatable bonds is 4. The van der Waals surface area contributed by atoms with Crippen molar-refractivity contribution in [1.29, 1.82) is 0 Å². The van der Waals surface area contributed by atoms with Gasteiger partial charge in [0.05, 0.1) is 6.54 Å². The first-order chi connectivity index (χ1) is 11.6. The second kappa shape index (κ2) is 6.84. The summed E-state index contributed by atoms with van der Waals surface area (Å²) in [5.74, 6) is -0.148. The number of benzene rings is 2. The van der Waals surface area contributed by atoms with E-state index in [1.807, 2.05) is 60.7 Å². The summed E-state index contributed by atoms with van der Waals surface area (Å²) in [6.45, 7) is 2.26. The number of carbonyl (C=O) groups is 1. The number of nitrogens with zero attached hydrogens (tertiary/aromatic N) is 2. The van der Waals surface area contributed by atoms with Crippen molar-refractivity contribution in [3.63, 3.8) is 0 Å². The summed E-state index contributed by atoms with van der Waals surface area (Å²) < 4.78 is 1.52. The number of thiazole rings is 1. The Bertz CT molecular complexity index is 898. The minimum absolute atomic E-state index is 0.122. The van der Waals surface area contributed by atoms with Gasteiger partial charge in [0.25, 0.3) is 5.91 Å². The van der Waals surface area contributed by atoms with Crippen LogP contribution in [0.15, 0.2) is 65.5 Å². The minimum atomic E-state index is -0.148. The molecule has 0 aliphatic rings. The lowest BCUT2D eigenvalue weighted by Gasteiger charge is -2.22. The molecule has 3 rings (SSSR count). The molecule has 24 heavy (non-hydrogen) atoms. The zero-order valence-corrected chi connectivity index (χ0v) is 14.4. The highest BCUT2D eigenvalue weighted by atomic mass is 32.1. The molecule has 0 spiro atoms. The van der Waals surface area contributed by atoms with E-state index in [0.717, 1.165) is 22.6 Å². The van der Waals surface area contributed by atoms with Gasteiger partial charge in [-0.05, 0) is 24.6 Å². The Balaban J connectivity index is 2.02. The standard InChI is InChI=1S/C19H18N2O2S/c1-14-17(24-19(23)20(14)2)18(22)21(16-11-7-4-8-12-16)13-15-9-5-3-6-10-15/h3-12H,13H2,1-2H3. The zero-order chi connectivity index (χ0) is 17.1. The highest BCUT2D eigenvalue weighted by molar-refractivity contribution is 7.11. The van der Waals surface area contributed by atoms with Gasteiger partial charge in [0.2, 0.25) is 0 Å². The first-order valence-electron chi connectivity index (χ1n) is 7.65. The van der Waals surface area contributed by atoms with Crippen molar-refractivity contribution in [2.24, 2.45) is 7.05 Å². The molecule has 0 atom stereocenters. The van der Waals surface area contributed by atoms with Gasteiger partial charge in [-0.25, -0.2) is 0 Å². The van der Waals surface area contributed by atoms with Gasteiger partial charge in [-0.1, -0.05) is 59.9 Å². The molecular formula is C19H18N2O2S. The van der Waals surface area contributed by atoms with Gasteiger partial charge in [-0.2, -0.15) is 0 Å². The van der Waals surface area contributed by atoms with Crippen LogP contribution in [-0.2, 0) is 13.6 Å². The molecule has 0 bridgehead atoms. The van der Waals surface area contributed by atoms with Crippen molar-refractivity contribution in [3.8, 4) is 0 Å². The molecule has 0 unspecified atom stereocenters. The first kappa shape index (κ1) is 16.2. The van der Waals surface area contributed by atoms with Crippen molar-refractivity contribution in [1.82, 2.24) is 4.57 Å². The van der Waals surface area contributed by atoms with E-state index in [1.165, 1.54) is 4.57 Å². The predicted molar refractivity (Wildman–Crippen MR) is 97.7 cm³/mol. The van der Waals surface area contributed by atoms with E-state index in [9.17, 15) is 9.59 Å². The maximum Gasteiger partial charge on any atom is 0.307 e. The van der Waals surface area contributed by atoms with E-state index >= 15 is 0 Å². The van der Waals surface area contributed by atoms with Crippen LogP contribution in [0.1, 0.15) is 20.9 Å². The summed E-state index contributed by atoms with van der Waals surface area (Å²) in [4.78, 5) is 27.1. The Kier molecular flexibility index (Phi) is 4.62. The number of amides is 1. The zero-order valence-electron chi connectivity index (χ0n) is 13.6. The monoisotopic (exact) mass is 338 g/mol. The lowest BCUT2D eigenvalue weighted by atomic mass is 10.2. The maximum absolute atomic E-state index is 13.1. The van der Waals surface area contributed by atoms with Crippen LogP contribution in [0.4, 0.5) is 5.69 Å². The molecule has 1 aromatic heterocycles. The smallest absolute Gasteiger partial charge is 0.306 e. The van der Waals surface area contributed by atoms with Gasteiger partial charge in [0, 0.05) is 18.4 Å². The molecule has 5 heteroatoms. The molecule has 1 heterocycles. The molecule has 0 saturated heterocycles. The Labute approximate surface area is 144 Å². The van der Waals surface area contributed by atoms with E-state index in [1.54, 1.807) is 18.9 Å². The molecule has 0 aliphatic heterocycles. The fraction of sp³-hybridized carbons (Fsp3) is 0.158. The van der Waals surface area contributed by atoms with Crippen molar-refractivity contribution in [3.05, 3.63) is 86.5 Å². The number of para-hydroxylation sites is 1. The van der Waals surface area contributed by atoms with Gasteiger partial charge >= 0.3 is 4.87 Å². The quantitative estimate of drug-likeness (QED) is 0.729. The normalized spacial score (nSPS) is 10.6. The van der Waals surface area contributed by atoms with Crippen LogP contribution in [-0.4, -0.2) is 10.5 Å². The number of aromatic nitrogens is 1. The summed E-state index contributed by atoms with van der Waals surface area (Å²) in [6.07, 6.45) is 0. The first-order valence-corrected chi connectivity index (χ1v) is 8.47. The highest BCUT2D eigenvalue weighted by Gasteiger charge is 2.23. The van der Waals surface area contributed by atoms with Crippen molar-refractivity contribution < 1.29 is 4.79 Å². The van der Waals surface area contributed by atoms with Crippen molar-refractivity contribution >= 4 is 22.9 Å². The Morgan fingerprint density at radius 3 is 2.17 bits per heavy atom. The fourth-order valence-electron chi connectivity index (χ4n) is 2.49. The van der Waals surface area contributed by atoms with Gasteiger partial charge in [-0.15, -0.1) is 0 Å². The average Bonchev–Trinajstić information content (AvgIpc) is 2.88. The van der Waals surface area contributed by atoms with Crippen LogP contribution in [0.2, 0.25) is 0 Å². The predicted octanol–water partition coefficient (Wildman–Crippen LogP) is 3.60. The van der Waals surface area contributed by atoms with Crippen LogP contribution in [0, 0.1) is 6.92 Å². The van der Waals surface area contributed by atoms with Crippen LogP contribution >= 0.6 is 11.3 Å². The number of carbonyl (C=O) groups excluding carboxylic acids is 1. The lowest BCUT2D eigenvalue weighted by molar-refractivity contribution is 0.0988.